The molecule has 0 fully saturated rings. The Balaban J connectivity index is 2.28. The molecule has 2 rings (SSSR count). The van der Waals surface area contributed by atoms with Crippen molar-refractivity contribution < 1.29 is 18.0 Å². The number of carbonyl (C=O) groups excluding carboxylic acids is 1. The number of nitrogens with zero attached hydrogens (tertiary/aromatic N) is 1. The van der Waals surface area contributed by atoms with Gasteiger partial charge in [-0.25, -0.2) is 13.2 Å². The molecule has 1 amide bonds. The van der Waals surface area contributed by atoms with Crippen molar-refractivity contribution >= 4 is 23.2 Å². The molecule has 0 atom stereocenters. The number of halogens is 4. The van der Waals surface area contributed by atoms with Gasteiger partial charge in [0.2, 0.25) is 0 Å². The first-order valence-corrected chi connectivity index (χ1v) is 5.95. The van der Waals surface area contributed by atoms with Gasteiger partial charge in [-0.1, -0.05) is 11.6 Å². The molecular formula is C14H6ClF3N2O. The molecule has 0 spiro atoms. The van der Waals surface area contributed by atoms with Crippen LogP contribution in [0.25, 0.3) is 0 Å². The van der Waals surface area contributed by atoms with Gasteiger partial charge in [0.1, 0.15) is 0 Å². The number of benzene rings is 2. The minimum Gasteiger partial charge on any atom is -0.321 e. The van der Waals surface area contributed by atoms with Gasteiger partial charge in [-0.05, 0) is 30.3 Å². The maximum atomic E-state index is 13.1. The predicted octanol–water partition coefficient (Wildman–Crippen LogP) is 3.88. The highest BCUT2D eigenvalue weighted by Gasteiger charge is 2.16. The molecule has 0 radical (unpaired) electrons. The number of carbonyl (C=O) groups is 1. The Morgan fingerprint density at radius 3 is 2.29 bits per heavy atom. The van der Waals surface area contributed by atoms with E-state index in [2.05, 4.69) is 5.32 Å². The smallest absolute Gasteiger partial charge is 0.255 e. The Hall–Kier alpha value is -2.52. The van der Waals surface area contributed by atoms with Crippen LogP contribution >= 0.6 is 11.6 Å². The number of hydrogen-bond acceptors (Lipinski definition) is 2. The zero-order chi connectivity index (χ0) is 15.6. The second kappa shape index (κ2) is 5.85. The molecule has 0 aliphatic carbocycles. The summed E-state index contributed by atoms with van der Waals surface area (Å²) < 4.78 is 38.9. The SMILES string of the molecule is N#Cc1ccc(NC(=O)c2cc(F)c(F)c(F)c2)c(Cl)c1. The second-order valence-corrected chi connectivity index (χ2v) is 4.42. The van der Waals surface area contributed by atoms with E-state index >= 15 is 0 Å². The molecule has 7 heteroatoms. The molecule has 1 N–H and O–H groups in total. The van der Waals surface area contributed by atoms with Gasteiger partial charge in [0.25, 0.3) is 5.91 Å². The number of hydrogen-bond donors (Lipinski definition) is 1. The molecule has 0 saturated carbocycles. The summed E-state index contributed by atoms with van der Waals surface area (Å²) in [6.45, 7) is 0. The van der Waals surface area contributed by atoms with E-state index < -0.39 is 28.9 Å². The van der Waals surface area contributed by atoms with Crippen molar-refractivity contribution in [2.45, 2.75) is 0 Å². The fourth-order valence-corrected chi connectivity index (χ4v) is 1.79. The van der Waals surface area contributed by atoms with Crippen LogP contribution in [0.2, 0.25) is 5.02 Å². The predicted molar refractivity (Wildman–Crippen MR) is 70.4 cm³/mol. The maximum Gasteiger partial charge on any atom is 0.255 e. The van der Waals surface area contributed by atoms with Crippen LogP contribution in [0, 0.1) is 28.8 Å². The van der Waals surface area contributed by atoms with Crippen molar-refractivity contribution in [1.82, 2.24) is 0 Å². The van der Waals surface area contributed by atoms with Crippen LogP contribution in [0.4, 0.5) is 18.9 Å². The van der Waals surface area contributed by atoms with Gasteiger partial charge in [0, 0.05) is 5.56 Å². The van der Waals surface area contributed by atoms with Crippen LogP contribution in [-0.4, -0.2) is 5.91 Å². The normalized spacial score (nSPS) is 10.0. The molecule has 2 aromatic rings. The first-order valence-electron chi connectivity index (χ1n) is 5.58. The summed E-state index contributed by atoms with van der Waals surface area (Å²) in [6, 6.07) is 7.12. The number of anilines is 1. The minimum absolute atomic E-state index is 0.0884. The highest BCUT2D eigenvalue weighted by molar-refractivity contribution is 6.34. The zero-order valence-electron chi connectivity index (χ0n) is 10.3. The molecule has 0 aliphatic heterocycles. The Morgan fingerprint density at radius 2 is 1.76 bits per heavy atom. The number of nitrogens with one attached hydrogen (secondary N) is 1. The third kappa shape index (κ3) is 3.15. The molecule has 0 aliphatic rings. The Labute approximate surface area is 122 Å². The van der Waals surface area contributed by atoms with Gasteiger partial charge in [-0.2, -0.15) is 5.26 Å². The van der Waals surface area contributed by atoms with E-state index in [0.29, 0.717) is 12.1 Å². The molecule has 3 nitrogen and oxygen atoms in total. The standard InChI is InChI=1S/C14H6ClF3N2O/c15-9-3-7(6-19)1-2-12(9)20-14(21)8-4-10(16)13(18)11(17)5-8/h1-5H,(H,20,21). The monoisotopic (exact) mass is 310 g/mol. The molecule has 0 heterocycles. The topological polar surface area (TPSA) is 52.9 Å². The van der Waals surface area contributed by atoms with E-state index in [1.165, 1.54) is 18.2 Å². The summed E-state index contributed by atoms with van der Waals surface area (Å²) in [5.41, 5.74) is 0.0505. The lowest BCUT2D eigenvalue weighted by molar-refractivity contribution is 0.102. The molecular weight excluding hydrogens is 305 g/mol. The van der Waals surface area contributed by atoms with E-state index in [-0.39, 0.29) is 16.3 Å². The lowest BCUT2D eigenvalue weighted by Crippen LogP contribution is -2.13. The van der Waals surface area contributed by atoms with E-state index in [9.17, 15) is 18.0 Å². The molecule has 0 bridgehead atoms. The number of rotatable bonds is 2. The third-order valence-corrected chi connectivity index (χ3v) is 2.91. The van der Waals surface area contributed by atoms with Crippen molar-refractivity contribution in [2.75, 3.05) is 5.32 Å². The average Bonchev–Trinajstić information content (AvgIpc) is 2.46. The first-order chi connectivity index (χ1) is 9.92. The lowest BCUT2D eigenvalue weighted by atomic mass is 10.1. The van der Waals surface area contributed by atoms with Crippen molar-refractivity contribution in [1.29, 1.82) is 5.26 Å². The van der Waals surface area contributed by atoms with Crippen LogP contribution in [0.1, 0.15) is 15.9 Å². The summed E-state index contributed by atoms with van der Waals surface area (Å²) in [5.74, 6) is -5.44. The minimum atomic E-state index is -1.65. The van der Waals surface area contributed by atoms with E-state index in [4.69, 9.17) is 16.9 Å². The van der Waals surface area contributed by atoms with Gasteiger partial charge in [0.05, 0.1) is 22.3 Å². The van der Waals surface area contributed by atoms with Crippen molar-refractivity contribution in [3.05, 3.63) is 63.9 Å². The van der Waals surface area contributed by atoms with Gasteiger partial charge < -0.3 is 5.32 Å². The van der Waals surface area contributed by atoms with Gasteiger partial charge >= 0.3 is 0 Å². The number of nitriles is 1. The van der Waals surface area contributed by atoms with E-state index in [1.54, 1.807) is 0 Å². The van der Waals surface area contributed by atoms with Crippen molar-refractivity contribution in [3.8, 4) is 6.07 Å². The van der Waals surface area contributed by atoms with Crippen LogP contribution in [0.3, 0.4) is 0 Å². The quantitative estimate of drug-likeness (QED) is 0.856. The Morgan fingerprint density at radius 1 is 1.14 bits per heavy atom. The molecule has 0 saturated heterocycles. The van der Waals surface area contributed by atoms with Crippen LogP contribution in [0.15, 0.2) is 30.3 Å². The van der Waals surface area contributed by atoms with Crippen LogP contribution in [-0.2, 0) is 0 Å². The lowest BCUT2D eigenvalue weighted by Gasteiger charge is -2.08. The van der Waals surface area contributed by atoms with Crippen molar-refractivity contribution in [2.24, 2.45) is 0 Å². The fourth-order valence-electron chi connectivity index (χ4n) is 1.57. The third-order valence-electron chi connectivity index (χ3n) is 2.59. The highest BCUT2D eigenvalue weighted by Crippen LogP contribution is 2.24. The summed E-state index contributed by atoms with van der Waals surface area (Å²) in [5, 5.41) is 11.1. The zero-order valence-corrected chi connectivity index (χ0v) is 11.0. The van der Waals surface area contributed by atoms with Gasteiger partial charge in [-0.3, -0.25) is 4.79 Å². The Bertz CT molecular complexity index is 748. The second-order valence-electron chi connectivity index (χ2n) is 4.01. The summed E-state index contributed by atoms with van der Waals surface area (Å²) >= 11 is 5.85. The van der Waals surface area contributed by atoms with Crippen molar-refractivity contribution in [3.63, 3.8) is 0 Å². The molecule has 21 heavy (non-hydrogen) atoms. The highest BCUT2D eigenvalue weighted by atomic mass is 35.5. The largest absolute Gasteiger partial charge is 0.321 e. The summed E-state index contributed by atoms with van der Waals surface area (Å²) in [7, 11) is 0. The van der Waals surface area contributed by atoms with Gasteiger partial charge in [0.15, 0.2) is 17.5 Å². The maximum absolute atomic E-state index is 13.1. The fraction of sp³-hybridized carbons (Fsp3) is 0. The average molecular weight is 311 g/mol. The summed E-state index contributed by atoms with van der Waals surface area (Å²) in [4.78, 5) is 11.8. The first kappa shape index (κ1) is 14.9. The molecule has 106 valence electrons. The van der Waals surface area contributed by atoms with E-state index in [0.717, 1.165) is 0 Å². The van der Waals surface area contributed by atoms with Gasteiger partial charge in [-0.15, -0.1) is 0 Å². The van der Waals surface area contributed by atoms with Crippen LogP contribution in [0.5, 0.6) is 0 Å². The molecule has 2 aromatic carbocycles. The molecule has 0 unspecified atom stereocenters. The number of amides is 1. The summed E-state index contributed by atoms with van der Waals surface area (Å²) in [6.07, 6.45) is 0. The van der Waals surface area contributed by atoms with E-state index in [1.807, 2.05) is 6.07 Å². The molecule has 0 aromatic heterocycles. The Kier molecular flexibility index (Phi) is 4.15. The van der Waals surface area contributed by atoms with Crippen LogP contribution < -0.4 is 5.32 Å².